The molecule has 0 amide bonds. The minimum Gasteiger partial charge on any atom is -0.379 e. The van der Waals surface area contributed by atoms with E-state index < -0.39 is 0 Å². The van der Waals surface area contributed by atoms with Crippen LogP contribution >= 0.6 is 12.2 Å². The van der Waals surface area contributed by atoms with E-state index in [0.717, 1.165) is 76.9 Å². The summed E-state index contributed by atoms with van der Waals surface area (Å²) in [7, 11) is 0. The van der Waals surface area contributed by atoms with Crippen molar-refractivity contribution in [2.75, 3.05) is 52.5 Å². The summed E-state index contributed by atoms with van der Waals surface area (Å²) < 4.78 is 18.4. The number of hydrogen-bond donors (Lipinski definition) is 1. The molecule has 7 heteroatoms. The molecule has 0 aliphatic carbocycles. The molecular weight excluding hydrogens is 365 g/mol. The maximum Gasteiger partial charge on any atom is 0.168 e. The largest absolute Gasteiger partial charge is 0.379 e. The Hall–Kier alpha value is -1.57. The molecule has 148 valence electrons. The minimum absolute atomic E-state index is 0.00386. The van der Waals surface area contributed by atoms with Crippen molar-refractivity contribution in [3.05, 3.63) is 35.6 Å². The van der Waals surface area contributed by atoms with Gasteiger partial charge in [0.25, 0.3) is 0 Å². The van der Waals surface area contributed by atoms with Crippen LogP contribution in [0.15, 0.2) is 24.3 Å². The summed E-state index contributed by atoms with van der Waals surface area (Å²) in [4.78, 5) is 17.1. The maximum absolute atomic E-state index is 13.0. The maximum atomic E-state index is 13.0. The smallest absolute Gasteiger partial charge is 0.168 e. The second-order valence-corrected chi connectivity index (χ2v) is 7.56. The number of carbonyl (C=O) groups is 1. The van der Waals surface area contributed by atoms with Gasteiger partial charge in [-0.2, -0.15) is 0 Å². The lowest BCUT2D eigenvalue weighted by Gasteiger charge is -2.33. The summed E-state index contributed by atoms with van der Waals surface area (Å²) >= 11 is 5.51. The van der Waals surface area contributed by atoms with Crippen LogP contribution in [0.5, 0.6) is 0 Å². The molecule has 5 nitrogen and oxygen atoms in total. The van der Waals surface area contributed by atoms with Crippen LogP contribution in [-0.2, 0) is 4.74 Å². The Morgan fingerprint density at radius 2 is 1.81 bits per heavy atom. The van der Waals surface area contributed by atoms with Crippen LogP contribution in [0.25, 0.3) is 0 Å². The average molecular weight is 394 g/mol. The lowest BCUT2D eigenvalue weighted by atomic mass is 9.89. The fourth-order valence-electron chi connectivity index (χ4n) is 3.63. The van der Waals surface area contributed by atoms with E-state index in [1.54, 1.807) is 12.1 Å². The number of carbonyl (C=O) groups excluding carboxylic acids is 1. The molecule has 1 N–H and O–H groups in total. The van der Waals surface area contributed by atoms with Crippen LogP contribution in [0.3, 0.4) is 0 Å². The average Bonchev–Trinajstić information content (AvgIpc) is 2.72. The number of Topliss-reactive ketones (excluding diaryl/α,β-unsaturated/α-hetero) is 1. The first-order valence-corrected chi connectivity index (χ1v) is 10.2. The first-order chi connectivity index (χ1) is 13.1. The molecule has 1 aromatic rings. The number of nitrogens with one attached hydrogen (secondary N) is 1. The SMILES string of the molecule is O=C(c1ccc(F)cc1)C1CCN(C(=S)NCCCN2CCOCC2)CC1. The Balaban J connectivity index is 1.35. The van der Waals surface area contributed by atoms with Gasteiger partial charge in [-0.3, -0.25) is 9.69 Å². The Morgan fingerprint density at radius 1 is 1.15 bits per heavy atom. The van der Waals surface area contributed by atoms with Crippen molar-refractivity contribution in [2.45, 2.75) is 19.3 Å². The highest BCUT2D eigenvalue weighted by atomic mass is 32.1. The molecule has 2 heterocycles. The topological polar surface area (TPSA) is 44.8 Å². The van der Waals surface area contributed by atoms with Crippen LogP contribution in [-0.4, -0.2) is 73.2 Å². The number of morpholine rings is 1. The third-order valence-electron chi connectivity index (χ3n) is 5.31. The normalized spacial score (nSPS) is 19.1. The molecular formula is C20H28FN3O2S. The third kappa shape index (κ3) is 5.96. The highest BCUT2D eigenvalue weighted by molar-refractivity contribution is 7.80. The Kier molecular flexibility index (Phi) is 7.55. The number of nitrogens with zero attached hydrogens (tertiary/aromatic N) is 2. The van der Waals surface area contributed by atoms with Crippen molar-refractivity contribution in [1.29, 1.82) is 0 Å². The molecule has 0 atom stereocenters. The summed E-state index contributed by atoms with van der Waals surface area (Å²) in [5, 5.41) is 4.13. The number of rotatable bonds is 6. The highest BCUT2D eigenvalue weighted by Gasteiger charge is 2.26. The highest BCUT2D eigenvalue weighted by Crippen LogP contribution is 2.22. The number of benzene rings is 1. The molecule has 0 saturated carbocycles. The van der Waals surface area contributed by atoms with Gasteiger partial charge in [0, 0.05) is 44.2 Å². The number of ether oxygens (including phenoxy) is 1. The molecule has 0 unspecified atom stereocenters. The van der Waals surface area contributed by atoms with E-state index in [1.807, 2.05) is 0 Å². The van der Waals surface area contributed by atoms with E-state index in [1.165, 1.54) is 12.1 Å². The Morgan fingerprint density at radius 3 is 2.48 bits per heavy atom. The van der Waals surface area contributed by atoms with Crippen molar-refractivity contribution in [2.24, 2.45) is 5.92 Å². The molecule has 1 aromatic carbocycles. The quantitative estimate of drug-likeness (QED) is 0.455. The number of piperidine rings is 1. The van der Waals surface area contributed by atoms with Gasteiger partial charge >= 0.3 is 0 Å². The monoisotopic (exact) mass is 393 g/mol. The molecule has 27 heavy (non-hydrogen) atoms. The van der Waals surface area contributed by atoms with Crippen molar-refractivity contribution in [1.82, 2.24) is 15.1 Å². The van der Waals surface area contributed by atoms with Gasteiger partial charge in [0.2, 0.25) is 0 Å². The second kappa shape index (κ2) is 10.1. The Labute approximate surface area is 165 Å². The van der Waals surface area contributed by atoms with E-state index in [4.69, 9.17) is 17.0 Å². The van der Waals surface area contributed by atoms with Crippen LogP contribution in [0, 0.1) is 11.7 Å². The van der Waals surface area contributed by atoms with Gasteiger partial charge < -0.3 is 15.0 Å². The first kappa shape index (κ1) is 20.2. The molecule has 2 aliphatic heterocycles. The molecule has 3 rings (SSSR count). The van der Waals surface area contributed by atoms with Gasteiger partial charge in [0.1, 0.15) is 5.82 Å². The molecule has 2 fully saturated rings. The molecule has 0 aromatic heterocycles. The first-order valence-electron chi connectivity index (χ1n) is 9.76. The molecule has 2 saturated heterocycles. The minimum atomic E-state index is -0.314. The summed E-state index contributed by atoms with van der Waals surface area (Å²) in [5.74, 6) is -0.207. The summed E-state index contributed by atoms with van der Waals surface area (Å²) in [5.41, 5.74) is 0.596. The number of hydrogen-bond acceptors (Lipinski definition) is 4. The van der Waals surface area contributed by atoms with Crippen molar-refractivity contribution in [3.63, 3.8) is 0 Å². The number of likely N-dealkylation sites (tertiary alicyclic amines) is 1. The Bertz CT molecular complexity index is 627. The van der Waals surface area contributed by atoms with Gasteiger partial charge in [-0.05, 0) is 62.3 Å². The van der Waals surface area contributed by atoms with Crippen LogP contribution in [0.4, 0.5) is 4.39 Å². The second-order valence-electron chi connectivity index (χ2n) is 7.17. The summed E-state index contributed by atoms with van der Waals surface area (Å²) in [6, 6.07) is 5.84. The predicted octanol–water partition coefficient (Wildman–Crippen LogP) is 2.32. The van der Waals surface area contributed by atoms with Gasteiger partial charge in [-0.15, -0.1) is 0 Å². The van der Waals surface area contributed by atoms with Crippen molar-refractivity contribution >= 4 is 23.1 Å². The molecule has 0 bridgehead atoms. The number of halogens is 1. The zero-order valence-corrected chi connectivity index (χ0v) is 16.5. The molecule has 0 radical (unpaired) electrons. The molecule has 0 spiro atoms. The fourth-order valence-corrected chi connectivity index (χ4v) is 3.91. The van der Waals surface area contributed by atoms with E-state index in [2.05, 4.69) is 15.1 Å². The third-order valence-corrected chi connectivity index (χ3v) is 5.72. The van der Waals surface area contributed by atoms with Gasteiger partial charge in [0.15, 0.2) is 10.9 Å². The van der Waals surface area contributed by atoms with Gasteiger partial charge in [0.05, 0.1) is 13.2 Å². The van der Waals surface area contributed by atoms with E-state index >= 15 is 0 Å². The van der Waals surface area contributed by atoms with Gasteiger partial charge in [-0.25, -0.2) is 4.39 Å². The summed E-state index contributed by atoms with van der Waals surface area (Å²) in [6.07, 6.45) is 2.62. The standard InChI is InChI=1S/C20H28FN3O2S/c21-18-4-2-16(3-5-18)19(25)17-6-10-24(11-7-17)20(27)22-8-1-9-23-12-14-26-15-13-23/h2-5,17H,1,6-15H2,(H,22,27). The zero-order chi connectivity index (χ0) is 19.1. The van der Waals surface area contributed by atoms with E-state index in [9.17, 15) is 9.18 Å². The predicted molar refractivity (Wildman–Crippen MR) is 108 cm³/mol. The number of thiocarbonyl (C=S) groups is 1. The van der Waals surface area contributed by atoms with E-state index in [0.29, 0.717) is 5.56 Å². The van der Waals surface area contributed by atoms with Crippen LogP contribution in [0.1, 0.15) is 29.6 Å². The lowest BCUT2D eigenvalue weighted by Crippen LogP contribution is -2.46. The lowest BCUT2D eigenvalue weighted by molar-refractivity contribution is 0.0375. The zero-order valence-electron chi connectivity index (χ0n) is 15.7. The van der Waals surface area contributed by atoms with Crippen molar-refractivity contribution < 1.29 is 13.9 Å². The van der Waals surface area contributed by atoms with E-state index in [-0.39, 0.29) is 17.5 Å². The molecule has 2 aliphatic rings. The summed E-state index contributed by atoms with van der Waals surface area (Å²) in [6.45, 7) is 7.19. The fraction of sp³-hybridized carbons (Fsp3) is 0.600. The number of ketones is 1. The van der Waals surface area contributed by atoms with Crippen LogP contribution in [0.2, 0.25) is 0 Å². The van der Waals surface area contributed by atoms with Crippen molar-refractivity contribution in [3.8, 4) is 0 Å². The van der Waals surface area contributed by atoms with Gasteiger partial charge in [-0.1, -0.05) is 0 Å². The van der Waals surface area contributed by atoms with Crippen LogP contribution < -0.4 is 5.32 Å².